The lowest BCUT2D eigenvalue weighted by Crippen LogP contribution is -2.02. The monoisotopic (exact) mass is 266 g/mol. The number of imidazole rings is 1. The molecule has 0 unspecified atom stereocenters. The van der Waals surface area contributed by atoms with Crippen LogP contribution in [0.2, 0.25) is 0 Å². The Morgan fingerprint density at radius 3 is 2.80 bits per heavy atom. The third kappa shape index (κ3) is 2.41. The fourth-order valence-electron chi connectivity index (χ4n) is 1.41. The molecule has 0 atom stereocenters. The van der Waals surface area contributed by atoms with Crippen LogP contribution >= 0.6 is 15.9 Å². The second-order valence-corrected chi connectivity index (χ2v) is 4.17. The molecule has 0 radical (unpaired) electrons. The van der Waals surface area contributed by atoms with Crippen molar-refractivity contribution in [2.75, 3.05) is 0 Å². The predicted octanol–water partition coefficient (Wildman–Crippen LogP) is 1.87. The standard InChI is InChI=1S/C10H11BrN4/c1-7-13-8(5-9(11)14-7)6-10-12-3-4-15(10)2/h3-5H,6H2,1-2H3. The molecule has 0 aromatic carbocycles. The minimum absolute atomic E-state index is 0.728. The van der Waals surface area contributed by atoms with E-state index in [4.69, 9.17) is 0 Å². The van der Waals surface area contributed by atoms with Gasteiger partial charge in [-0.15, -0.1) is 0 Å². The Kier molecular flexibility index (Phi) is 2.81. The van der Waals surface area contributed by atoms with Crippen LogP contribution in [0.5, 0.6) is 0 Å². The van der Waals surface area contributed by atoms with Crippen LogP contribution in [0, 0.1) is 6.92 Å². The van der Waals surface area contributed by atoms with E-state index in [1.807, 2.05) is 30.8 Å². The highest BCUT2D eigenvalue weighted by molar-refractivity contribution is 9.10. The van der Waals surface area contributed by atoms with E-state index < -0.39 is 0 Å². The van der Waals surface area contributed by atoms with Gasteiger partial charge < -0.3 is 4.57 Å². The van der Waals surface area contributed by atoms with Gasteiger partial charge in [-0.05, 0) is 28.9 Å². The molecule has 0 bridgehead atoms. The fourth-order valence-corrected chi connectivity index (χ4v) is 1.93. The number of aromatic nitrogens is 4. The fraction of sp³-hybridized carbons (Fsp3) is 0.300. The van der Waals surface area contributed by atoms with E-state index in [0.29, 0.717) is 0 Å². The first-order valence-electron chi connectivity index (χ1n) is 4.61. The van der Waals surface area contributed by atoms with Gasteiger partial charge >= 0.3 is 0 Å². The average Bonchev–Trinajstić information content (AvgIpc) is 2.50. The van der Waals surface area contributed by atoms with E-state index in [9.17, 15) is 0 Å². The maximum absolute atomic E-state index is 4.36. The van der Waals surface area contributed by atoms with Crippen molar-refractivity contribution >= 4 is 15.9 Å². The molecule has 2 rings (SSSR count). The zero-order chi connectivity index (χ0) is 10.8. The first-order valence-corrected chi connectivity index (χ1v) is 5.41. The summed E-state index contributed by atoms with van der Waals surface area (Å²) in [5.41, 5.74) is 0.976. The zero-order valence-electron chi connectivity index (χ0n) is 8.61. The summed E-state index contributed by atoms with van der Waals surface area (Å²) < 4.78 is 2.81. The van der Waals surface area contributed by atoms with Crippen LogP contribution in [0.15, 0.2) is 23.1 Å². The summed E-state index contributed by atoms with van der Waals surface area (Å²) in [6, 6.07) is 1.92. The Morgan fingerprint density at radius 2 is 2.20 bits per heavy atom. The number of hydrogen-bond donors (Lipinski definition) is 0. The van der Waals surface area contributed by atoms with Crippen LogP contribution in [0.1, 0.15) is 17.3 Å². The van der Waals surface area contributed by atoms with Crippen molar-refractivity contribution in [1.82, 2.24) is 19.5 Å². The molecule has 0 aliphatic rings. The van der Waals surface area contributed by atoms with Crippen LogP contribution in [-0.2, 0) is 13.5 Å². The van der Waals surface area contributed by atoms with Gasteiger partial charge in [0.1, 0.15) is 16.3 Å². The van der Waals surface area contributed by atoms with E-state index in [-0.39, 0.29) is 0 Å². The maximum Gasteiger partial charge on any atom is 0.126 e. The summed E-state index contributed by atoms with van der Waals surface area (Å²) in [7, 11) is 1.98. The summed E-state index contributed by atoms with van der Waals surface area (Å²) in [5, 5.41) is 0. The van der Waals surface area contributed by atoms with E-state index in [0.717, 1.165) is 28.4 Å². The minimum atomic E-state index is 0.728. The molecule has 0 saturated carbocycles. The SMILES string of the molecule is Cc1nc(Br)cc(Cc2nccn2C)n1. The third-order valence-electron chi connectivity index (χ3n) is 2.12. The van der Waals surface area contributed by atoms with Gasteiger partial charge in [0.2, 0.25) is 0 Å². The number of nitrogens with zero attached hydrogens (tertiary/aromatic N) is 4. The molecule has 0 spiro atoms. The zero-order valence-corrected chi connectivity index (χ0v) is 10.2. The van der Waals surface area contributed by atoms with Crippen molar-refractivity contribution in [1.29, 1.82) is 0 Å². The summed E-state index contributed by atoms with van der Waals surface area (Å²) in [6.45, 7) is 1.88. The summed E-state index contributed by atoms with van der Waals surface area (Å²) in [5.74, 6) is 1.77. The molecule has 0 fully saturated rings. The highest BCUT2D eigenvalue weighted by Crippen LogP contribution is 2.11. The minimum Gasteiger partial charge on any atom is -0.338 e. The second-order valence-electron chi connectivity index (χ2n) is 3.36. The van der Waals surface area contributed by atoms with Crippen molar-refractivity contribution in [3.63, 3.8) is 0 Å². The Balaban J connectivity index is 2.28. The van der Waals surface area contributed by atoms with Crippen molar-refractivity contribution in [2.45, 2.75) is 13.3 Å². The van der Waals surface area contributed by atoms with Crippen LogP contribution in [-0.4, -0.2) is 19.5 Å². The molecule has 0 saturated heterocycles. The molecule has 0 N–H and O–H groups in total. The topological polar surface area (TPSA) is 43.6 Å². The molecular weight excluding hydrogens is 256 g/mol. The smallest absolute Gasteiger partial charge is 0.126 e. The van der Waals surface area contributed by atoms with Crippen LogP contribution < -0.4 is 0 Å². The van der Waals surface area contributed by atoms with Gasteiger partial charge in [0.15, 0.2) is 0 Å². The molecule has 4 nitrogen and oxygen atoms in total. The largest absolute Gasteiger partial charge is 0.338 e. The highest BCUT2D eigenvalue weighted by Gasteiger charge is 2.04. The molecule has 0 aliphatic heterocycles. The molecule has 78 valence electrons. The van der Waals surface area contributed by atoms with E-state index in [2.05, 4.69) is 30.9 Å². The lowest BCUT2D eigenvalue weighted by molar-refractivity contribution is 0.803. The first kappa shape index (κ1) is 10.3. The van der Waals surface area contributed by atoms with Crippen LogP contribution in [0.3, 0.4) is 0 Å². The van der Waals surface area contributed by atoms with Gasteiger partial charge in [-0.3, -0.25) is 0 Å². The van der Waals surface area contributed by atoms with Gasteiger partial charge in [-0.25, -0.2) is 15.0 Å². The maximum atomic E-state index is 4.36. The summed E-state index contributed by atoms with van der Waals surface area (Å²) >= 11 is 3.36. The molecule has 0 amide bonds. The van der Waals surface area contributed by atoms with E-state index in [1.54, 1.807) is 6.20 Å². The van der Waals surface area contributed by atoms with Gasteiger partial charge in [0, 0.05) is 25.9 Å². The molecule has 2 aromatic rings. The number of aryl methyl sites for hydroxylation is 2. The van der Waals surface area contributed by atoms with Crippen molar-refractivity contribution < 1.29 is 0 Å². The van der Waals surface area contributed by atoms with Gasteiger partial charge in [-0.1, -0.05) is 0 Å². The van der Waals surface area contributed by atoms with E-state index in [1.165, 1.54) is 0 Å². The van der Waals surface area contributed by atoms with Crippen LogP contribution in [0.4, 0.5) is 0 Å². The van der Waals surface area contributed by atoms with Crippen molar-refractivity contribution in [3.8, 4) is 0 Å². The normalized spacial score (nSPS) is 10.6. The highest BCUT2D eigenvalue weighted by atomic mass is 79.9. The number of rotatable bonds is 2. The Hall–Kier alpha value is -1.23. The van der Waals surface area contributed by atoms with E-state index >= 15 is 0 Å². The van der Waals surface area contributed by atoms with Crippen LogP contribution in [0.25, 0.3) is 0 Å². The number of halogens is 1. The lowest BCUT2D eigenvalue weighted by atomic mass is 10.3. The predicted molar refractivity (Wildman–Crippen MR) is 60.5 cm³/mol. The van der Waals surface area contributed by atoms with Gasteiger partial charge in [-0.2, -0.15) is 0 Å². The summed E-state index contributed by atoms with van der Waals surface area (Å²) in [4.78, 5) is 12.8. The van der Waals surface area contributed by atoms with Crippen molar-refractivity contribution in [2.24, 2.45) is 7.05 Å². The second kappa shape index (κ2) is 4.10. The van der Waals surface area contributed by atoms with Crippen molar-refractivity contribution in [3.05, 3.63) is 40.4 Å². The lowest BCUT2D eigenvalue weighted by Gasteiger charge is -2.03. The van der Waals surface area contributed by atoms with Gasteiger partial charge in [0.25, 0.3) is 0 Å². The Morgan fingerprint density at radius 1 is 1.40 bits per heavy atom. The molecule has 15 heavy (non-hydrogen) atoms. The molecule has 2 heterocycles. The molecule has 5 heteroatoms. The first-order chi connectivity index (χ1) is 7.15. The van der Waals surface area contributed by atoms with Gasteiger partial charge in [0.05, 0.1) is 5.69 Å². The number of hydrogen-bond acceptors (Lipinski definition) is 3. The Labute approximate surface area is 96.5 Å². The summed E-state index contributed by atoms with van der Waals surface area (Å²) in [6.07, 6.45) is 4.45. The quantitative estimate of drug-likeness (QED) is 0.780. The third-order valence-corrected chi connectivity index (χ3v) is 2.53. The molecular formula is C10H11BrN4. The molecule has 2 aromatic heterocycles. The molecule has 0 aliphatic carbocycles. The Bertz CT molecular complexity index is 458. The average molecular weight is 267 g/mol.